The van der Waals surface area contributed by atoms with Crippen molar-refractivity contribution < 1.29 is 0 Å². The van der Waals surface area contributed by atoms with E-state index in [2.05, 4.69) is 23.5 Å². The van der Waals surface area contributed by atoms with E-state index in [1.54, 1.807) is 0 Å². The lowest BCUT2D eigenvalue weighted by Crippen LogP contribution is -2.07. The topological polar surface area (TPSA) is 17.8 Å². The highest BCUT2D eigenvalue weighted by molar-refractivity contribution is 5.16. The Labute approximate surface area is 60.9 Å². The molecule has 0 saturated heterocycles. The summed E-state index contributed by atoms with van der Waals surface area (Å²) in [6.45, 7) is 2.27. The molecule has 1 fully saturated rings. The molecule has 0 aliphatic heterocycles. The van der Waals surface area contributed by atoms with E-state index in [4.69, 9.17) is 0 Å². The molecule has 2 heteroatoms. The first-order valence-electron chi connectivity index (χ1n) is 3.70. The van der Waals surface area contributed by atoms with Gasteiger partial charge in [0.25, 0.3) is 0 Å². The molecular weight excluding hydrogens is 124 g/mol. The SMILES string of the molecule is Cn1ccnc1C1(C)CC1. The summed E-state index contributed by atoms with van der Waals surface area (Å²) in [6, 6.07) is 0. The number of imidazole rings is 1. The van der Waals surface area contributed by atoms with Crippen LogP contribution in [0.3, 0.4) is 0 Å². The van der Waals surface area contributed by atoms with Gasteiger partial charge in [0.1, 0.15) is 5.82 Å². The molecule has 54 valence electrons. The summed E-state index contributed by atoms with van der Waals surface area (Å²) in [6.07, 6.45) is 6.49. The van der Waals surface area contributed by atoms with Crippen molar-refractivity contribution in [1.82, 2.24) is 9.55 Å². The number of hydrogen-bond donors (Lipinski definition) is 0. The van der Waals surface area contributed by atoms with Crippen LogP contribution in [0.4, 0.5) is 0 Å². The van der Waals surface area contributed by atoms with Crippen LogP contribution in [0.5, 0.6) is 0 Å². The highest BCUT2D eigenvalue weighted by atomic mass is 15.1. The standard InChI is InChI=1S/C8H12N2/c1-8(3-4-8)7-9-5-6-10(7)2/h5-6H,3-4H2,1-2H3. The van der Waals surface area contributed by atoms with Gasteiger partial charge in [-0.2, -0.15) is 0 Å². The lowest BCUT2D eigenvalue weighted by Gasteiger charge is -2.06. The zero-order valence-electron chi connectivity index (χ0n) is 6.46. The van der Waals surface area contributed by atoms with Crippen molar-refractivity contribution in [2.75, 3.05) is 0 Å². The quantitative estimate of drug-likeness (QED) is 0.571. The Morgan fingerprint density at radius 1 is 1.60 bits per heavy atom. The monoisotopic (exact) mass is 136 g/mol. The van der Waals surface area contributed by atoms with Gasteiger partial charge >= 0.3 is 0 Å². The van der Waals surface area contributed by atoms with E-state index in [0.29, 0.717) is 5.41 Å². The fourth-order valence-corrected chi connectivity index (χ4v) is 1.36. The minimum absolute atomic E-state index is 0.415. The molecule has 0 aromatic carbocycles. The molecule has 0 radical (unpaired) electrons. The van der Waals surface area contributed by atoms with E-state index < -0.39 is 0 Å². The molecule has 2 nitrogen and oxygen atoms in total. The number of hydrogen-bond acceptors (Lipinski definition) is 1. The molecule has 0 unspecified atom stereocenters. The van der Waals surface area contributed by atoms with E-state index in [0.717, 1.165) is 0 Å². The van der Waals surface area contributed by atoms with Crippen LogP contribution >= 0.6 is 0 Å². The summed E-state index contributed by atoms with van der Waals surface area (Å²) in [4.78, 5) is 4.31. The van der Waals surface area contributed by atoms with E-state index in [1.807, 2.05) is 12.4 Å². The zero-order chi connectivity index (χ0) is 7.19. The minimum atomic E-state index is 0.415. The maximum Gasteiger partial charge on any atom is 0.114 e. The maximum absolute atomic E-state index is 4.31. The van der Waals surface area contributed by atoms with Crippen molar-refractivity contribution in [3.8, 4) is 0 Å². The summed E-state index contributed by atoms with van der Waals surface area (Å²) < 4.78 is 2.12. The molecule has 2 rings (SSSR count). The van der Waals surface area contributed by atoms with Crippen LogP contribution < -0.4 is 0 Å². The molecule has 0 amide bonds. The molecule has 1 aromatic rings. The first-order valence-corrected chi connectivity index (χ1v) is 3.70. The Bertz CT molecular complexity index is 246. The third kappa shape index (κ3) is 0.681. The molecule has 10 heavy (non-hydrogen) atoms. The molecular formula is C8H12N2. The van der Waals surface area contributed by atoms with Crippen molar-refractivity contribution in [3.05, 3.63) is 18.2 Å². The van der Waals surface area contributed by atoms with Crippen LogP contribution in [0.25, 0.3) is 0 Å². The average Bonchev–Trinajstić information content (AvgIpc) is 2.44. The smallest absolute Gasteiger partial charge is 0.114 e. The number of rotatable bonds is 1. The Morgan fingerprint density at radius 3 is 2.70 bits per heavy atom. The molecule has 1 heterocycles. The first kappa shape index (κ1) is 5.96. The Hall–Kier alpha value is -0.790. The predicted octanol–water partition coefficient (Wildman–Crippen LogP) is 1.47. The molecule has 1 aliphatic carbocycles. The first-order chi connectivity index (χ1) is 4.72. The van der Waals surface area contributed by atoms with E-state index in [1.165, 1.54) is 18.7 Å². The van der Waals surface area contributed by atoms with E-state index >= 15 is 0 Å². The van der Waals surface area contributed by atoms with Crippen LogP contribution in [0.1, 0.15) is 25.6 Å². The molecule has 1 aliphatic rings. The van der Waals surface area contributed by atoms with E-state index in [-0.39, 0.29) is 0 Å². The van der Waals surface area contributed by atoms with Gasteiger partial charge in [-0.15, -0.1) is 0 Å². The second-order valence-corrected chi connectivity index (χ2v) is 3.42. The summed E-state index contributed by atoms with van der Waals surface area (Å²) in [7, 11) is 2.06. The molecule has 0 N–H and O–H groups in total. The largest absolute Gasteiger partial charge is 0.338 e. The molecule has 0 atom stereocenters. The average molecular weight is 136 g/mol. The summed E-state index contributed by atoms with van der Waals surface area (Å²) >= 11 is 0. The maximum atomic E-state index is 4.31. The minimum Gasteiger partial charge on any atom is -0.338 e. The van der Waals surface area contributed by atoms with Crippen molar-refractivity contribution in [1.29, 1.82) is 0 Å². The normalized spacial score (nSPS) is 21.0. The van der Waals surface area contributed by atoms with Crippen molar-refractivity contribution in [2.24, 2.45) is 7.05 Å². The second-order valence-electron chi connectivity index (χ2n) is 3.42. The molecule has 0 spiro atoms. The molecule has 0 bridgehead atoms. The van der Waals surface area contributed by atoms with Crippen molar-refractivity contribution in [3.63, 3.8) is 0 Å². The Kier molecular flexibility index (Phi) is 0.967. The summed E-state index contributed by atoms with van der Waals surface area (Å²) in [5, 5.41) is 0. The van der Waals surface area contributed by atoms with Gasteiger partial charge < -0.3 is 4.57 Å². The van der Waals surface area contributed by atoms with Crippen LogP contribution in [0.2, 0.25) is 0 Å². The fourth-order valence-electron chi connectivity index (χ4n) is 1.36. The van der Waals surface area contributed by atoms with Crippen molar-refractivity contribution >= 4 is 0 Å². The van der Waals surface area contributed by atoms with Gasteiger partial charge in [-0.1, -0.05) is 6.92 Å². The lowest BCUT2D eigenvalue weighted by atomic mass is 10.1. The van der Waals surface area contributed by atoms with E-state index in [9.17, 15) is 0 Å². The van der Waals surface area contributed by atoms with Gasteiger partial charge in [-0.25, -0.2) is 4.98 Å². The van der Waals surface area contributed by atoms with Gasteiger partial charge in [0.05, 0.1) is 0 Å². The Balaban J connectivity index is 2.42. The van der Waals surface area contributed by atoms with Crippen LogP contribution in [-0.2, 0) is 12.5 Å². The highest BCUT2D eigenvalue weighted by Crippen LogP contribution is 2.46. The highest BCUT2D eigenvalue weighted by Gasteiger charge is 2.42. The van der Waals surface area contributed by atoms with Gasteiger partial charge in [-0.3, -0.25) is 0 Å². The van der Waals surface area contributed by atoms with Gasteiger partial charge in [-0.05, 0) is 12.8 Å². The summed E-state index contributed by atoms with van der Waals surface area (Å²) in [5.41, 5.74) is 0.415. The third-order valence-electron chi connectivity index (χ3n) is 2.36. The third-order valence-corrected chi connectivity index (χ3v) is 2.36. The molecule has 1 saturated carbocycles. The summed E-state index contributed by atoms with van der Waals surface area (Å²) in [5.74, 6) is 1.24. The van der Waals surface area contributed by atoms with Crippen LogP contribution in [-0.4, -0.2) is 9.55 Å². The Morgan fingerprint density at radius 2 is 2.30 bits per heavy atom. The van der Waals surface area contributed by atoms with Gasteiger partial charge in [0.15, 0.2) is 0 Å². The zero-order valence-corrected chi connectivity index (χ0v) is 6.46. The van der Waals surface area contributed by atoms with Gasteiger partial charge in [0, 0.05) is 24.9 Å². The van der Waals surface area contributed by atoms with Crippen LogP contribution in [0.15, 0.2) is 12.4 Å². The van der Waals surface area contributed by atoms with Crippen LogP contribution in [0, 0.1) is 0 Å². The predicted molar refractivity (Wildman–Crippen MR) is 39.8 cm³/mol. The fraction of sp³-hybridized carbons (Fsp3) is 0.625. The number of nitrogens with zero attached hydrogens (tertiary/aromatic N) is 2. The number of aryl methyl sites for hydroxylation is 1. The lowest BCUT2D eigenvalue weighted by molar-refractivity contribution is 0.660. The number of aromatic nitrogens is 2. The molecule has 1 aromatic heterocycles. The van der Waals surface area contributed by atoms with Gasteiger partial charge in [0.2, 0.25) is 0 Å². The van der Waals surface area contributed by atoms with Crippen molar-refractivity contribution in [2.45, 2.75) is 25.2 Å². The second kappa shape index (κ2) is 1.62.